The van der Waals surface area contributed by atoms with Gasteiger partial charge in [-0.05, 0) is 17.9 Å². The maximum absolute atomic E-state index is 11.5. The molecule has 0 unspecified atom stereocenters. The molecule has 1 aromatic rings. The monoisotopic (exact) mass is 209 g/mol. The Labute approximate surface area is 89.1 Å². The summed E-state index contributed by atoms with van der Waals surface area (Å²) in [6, 6.07) is 9.29. The van der Waals surface area contributed by atoms with Crippen LogP contribution in [-0.2, 0) is 0 Å². The predicted octanol–water partition coefficient (Wildman–Crippen LogP) is 2.17. The van der Waals surface area contributed by atoms with E-state index in [0.29, 0.717) is 0 Å². The highest BCUT2D eigenvalue weighted by atomic mass is 32.2. The number of carbonyl (C=O) groups is 1. The number of rotatable bonds is 5. The lowest BCUT2D eigenvalue weighted by atomic mass is 10.2. The van der Waals surface area contributed by atoms with Crippen LogP contribution < -0.4 is 5.32 Å². The van der Waals surface area contributed by atoms with Gasteiger partial charge in [0, 0.05) is 17.9 Å². The summed E-state index contributed by atoms with van der Waals surface area (Å²) >= 11 is 1.83. The molecule has 1 rings (SSSR count). The number of nitrogens with one attached hydrogen (secondary N) is 1. The Balaban J connectivity index is 2.29. The molecular weight excluding hydrogens is 194 g/mol. The summed E-state index contributed by atoms with van der Waals surface area (Å²) in [4.78, 5) is 11.5. The minimum atomic E-state index is 0.0160. The van der Waals surface area contributed by atoms with Crippen LogP contribution in [-0.4, -0.2) is 24.0 Å². The molecule has 1 aromatic carbocycles. The first-order valence-corrected chi connectivity index (χ1v) is 5.91. The Morgan fingerprint density at radius 1 is 1.36 bits per heavy atom. The Kier molecular flexibility index (Phi) is 5.15. The number of thioether (sulfide) groups is 1. The van der Waals surface area contributed by atoms with Crippen molar-refractivity contribution in [3.8, 4) is 0 Å². The van der Waals surface area contributed by atoms with Gasteiger partial charge in [0.1, 0.15) is 0 Å². The Morgan fingerprint density at radius 2 is 2.07 bits per heavy atom. The van der Waals surface area contributed by atoms with E-state index >= 15 is 0 Å². The number of amides is 1. The molecule has 1 amide bonds. The molecule has 0 aliphatic carbocycles. The first-order valence-electron chi connectivity index (χ1n) is 4.75. The summed E-state index contributed by atoms with van der Waals surface area (Å²) in [7, 11) is 0. The minimum Gasteiger partial charge on any atom is -0.351 e. The van der Waals surface area contributed by atoms with Gasteiger partial charge in [0.05, 0.1) is 0 Å². The van der Waals surface area contributed by atoms with E-state index in [2.05, 4.69) is 12.2 Å². The molecule has 0 atom stereocenters. The number of hydrogen-bond donors (Lipinski definition) is 1. The average molecular weight is 209 g/mol. The fraction of sp³-hybridized carbons (Fsp3) is 0.364. The molecule has 0 spiro atoms. The van der Waals surface area contributed by atoms with Crippen LogP contribution >= 0.6 is 11.8 Å². The van der Waals surface area contributed by atoms with Crippen LogP contribution in [0.5, 0.6) is 0 Å². The van der Waals surface area contributed by atoms with Crippen molar-refractivity contribution in [2.45, 2.75) is 6.92 Å². The van der Waals surface area contributed by atoms with E-state index in [1.54, 1.807) is 0 Å². The standard InChI is InChI=1S/C11H15NOS/c1-2-14-9-8-12-11(13)10-6-4-3-5-7-10/h3-7H,2,8-9H2,1H3,(H,12,13). The first kappa shape index (κ1) is 11.1. The van der Waals surface area contributed by atoms with Gasteiger partial charge in [-0.15, -0.1) is 0 Å². The van der Waals surface area contributed by atoms with Crippen LogP contribution in [0.4, 0.5) is 0 Å². The fourth-order valence-electron chi connectivity index (χ4n) is 1.07. The Hall–Kier alpha value is -0.960. The van der Waals surface area contributed by atoms with Crippen LogP contribution in [0.25, 0.3) is 0 Å². The summed E-state index contributed by atoms with van der Waals surface area (Å²) in [5, 5.41) is 2.87. The van der Waals surface area contributed by atoms with Crippen molar-refractivity contribution in [2.24, 2.45) is 0 Å². The quantitative estimate of drug-likeness (QED) is 0.753. The van der Waals surface area contributed by atoms with E-state index < -0.39 is 0 Å². The molecule has 14 heavy (non-hydrogen) atoms. The third kappa shape index (κ3) is 3.83. The van der Waals surface area contributed by atoms with Crippen molar-refractivity contribution in [3.63, 3.8) is 0 Å². The van der Waals surface area contributed by atoms with Gasteiger partial charge in [0.2, 0.25) is 0 Å². The average Bonchev–Trinajstić information content (AvgIpc) is 2.25. The Bertz CT molecular complexity index is 274. The van der Waals surface area contributed by atoms with Crippen LogP contribution in [0, 0.1) is 0 Å². The van der Waals surface area contributed by atoms with E-state index in [1.165, 1.54) is 0 Å². The highest BCUT2D eigenvalue weighted by Crippen LogP contribution is 1.99. The zero-order valence-electron chi connectivity index (χ0n) is 8.32. The highest BCUT2D eigenvalue weighted by Gasteiger charge is 2.01. The van der Waals surface area contributed by atoms with E-state index in [0.717, 1.165) is 23.6 Å². The van der Waals surface area contributed by atoms with Gasteiger partial charge in [-0.1, -0.05) is 25.1 Å². The molecule has 2 nitrogen and oxygen atoms in total. The predicted molar refractivity (Wildman–Crippen MR) is 61.8 cm³/mol. The maximum atomic E-state index is 11.5. The largest absolute Gasteiger partial charge is 0.351 e. The lowest BCUT2D eigenvalue weighted by molar-refractivity contribution is 0.0956. The summed E-state index contributed by atoms with van der Waals surface area (Å²) in [5.74, 6) is 2.10. The van der Waals surface area contributed by atoms with Gasteiger partial charge in [-0.2, -0.15) is 11.8 Å². The molecule has 0 radical (unpaired) electrons. The van der Waals surface area contributed by atoms with Gasteiger partial charge in [0.15, 0.2) is 0 Å². The lowest BCUT2D eigenvalue weighted by Gasteiger charge is -2.03. The molecule has 0 heterocycles. The van der Waals surface area contributed by atoms with Crippen molar-refractivity contribution >= 4 is 17.7 Å². The van der Waals surface area contributed by atoms with Gasteiger partial charge in [0.25, 0.3) is 5.91 Å². The highest BCUT2D eigenvalue weighted by molar-refractivity contribution is 7.99. The van der Waals surface area contributed by atoms with Crippen LogP contribution in [0.2, 0.25) is 0 Å². The van der Waals surface area contributed by atoms with Crippen molar-refractivity contribution in [1.29, 1.82) is 0 Å². The second-order valence-corrected chi connectivity index (χ2v) is 4.21. The van der Waals surface area contributed by atoms with E-state index in [-0.39, 0.29) is 5.91 Å². The molecular formula is C11H15NOS. The first-order chi connectivity index (χ1) is 6.84. The van der Waals surface area contributed by atoms with Crippen LogP contribution in [0.15, 0.2) is 30.3 Å². The molecule has 76 valence electrons. The zero-order chi connectivity index (χ0) is 10.2. The van der Waals surface area contributed by atoms with Gasteiger partial charge >= 0.3 is 0 Å². The smallest absolute Gasteiger partial charge is 0.251 e. The molecule has 0 aliphatic rings. The topological polar surface area (TPSA) is 29.1 Å². The number of benzene rings is 1. The minimum absolute atomic E-state index is 0.0160. The summed E-state index contributed by atoms with van der Waals surface area (Å²) in [6.45, 7) is 2.86. The summed E-state index contributed by atoms with van der Waals surface area (Å²) < 4.78 is 0. The molecule has 1 N–H and O–H groups in total. The normalized spacial score (nSPS) is 9.79. The zero-order valence-corrected chi connectivity index (χ0v) is 9.14. The van der Waals surface area contributed by atoms with Crippen molar-refractivity contribution in [2.75, 3.05) is 18.1 Å². The molecule has 0 saturated carbocycles. The van der Waals surface area contributed by atoms with Crippen molar-refractivity contribution in [1.82, 2.24) is 5.32 Å². The lowest BCUT2D eigenvalue weighted by Crippen LogP contribution is -2.25. The van der Waals surface area contributed by atoms with E-state index in [9.17, 15) is 4.79 Å². The maximum Gasteiger partial charge on any atom is 0.251 e. The molecule has 0 fully saturated rings. The van der Waals surface area contributed by atoms with Gasteiger partial charge in [-0.3, -0.25) is 4.79 Å². The molecule has 0 bridgehead atoms. The van der Waals surface area contributed by atoms with Gasteiger partial charge < -0.3 is 5.32 Å². The van der Waals surface area contributed by atoms with Gasteiger partial charge in [-0.25, -0.2) is 0 Å². The van der Waals surface area contributed by atoms with Crippen molar-refractivity contribution < 1.29 is 4.79 Å². The molecule has 0 saturated heterocycles. The van der Waals surface area contributed by atoms with Crippen LogP contribution in [0.3, 0.4) is 0 Å². The number of hydrogen-bond acceptors (Lipinski definition) is 2. The SMILES string of the molecule is CCSCCNC(=O)c1ccccc1. The number of carbonyl (C=O) groups excluding carboxylic acids is 1. The Morgan fingerprint density at radius 3 is 2.71 bits per heavy atom. The molecule has 0 aromatic heterocycles. The van der Waals surface area contributed by atoms with Crippen LogP contribution in [0.1, 0.15) is 17.3 Å². The summed E-state index contributed by atoms with van der Waals surface area (Å²) in [5.41, 5.74) is 0.731. The second kappa shape index (κ2) is 6.49. The third-order valence-corrected chi connectivity index (χ3v) is 2.67. The summed E-state index contributed by atoms with van der Waals surface area (Å²) in [6.07, 6.45) is 0. The van der Waals surface area contributed by atoms with E-state index in [1.807, 2.05) is 42.1 Å². The van der Waals surface area contributed by atoms with Crippen molar-refractivity contribution in [3.05, 3.63) is 35.9 Å². The fourth-order valence-corrected chi connectivity index (χ4v) is 1.61. The molecule has 3 heteroatoms. The molecule has 0 aliphatic heterocycles. The van der Waals surface area contributed by atoms with E-state index in [4.69, 9.17) is 0 Å². The third-order valence-electron chi connectivity index (χ3n) is 1.77. The second-order valence-electron chi connectivity index (χ2n) is 2.82.